The van der Waals surface area contributed by atoms with Gasteiger partial charge >= 0.3 is 5.97 Å². The Hall–Kier alpha value is -2.04. The molecule has 114 valence electrons. The summed E-state index contributed by atoms with van der Waals surface area (Å²) in [6.07, 6.45) is 3.32. The lowest BCUT2D eigenvalue weighted by Gasteiger charge is -2.17. The summed E-state index contributed by atoms with van der Waals surface area (Å²) in [4.78, 5) is 23.9. The molecule has 21 heavy (non-hydrogen) atoms. The fourth-order valence-electron chi connectivity index (χ4n) is 2.48. The van der Waals surface area contributed by atoms with Crippen LogP contribution in [0.4, 0.5) is 0 Å². The van der Waals surface area contributed by atoms with Crippen molar-refractivity contribution in [3.05, 3.63) is 29.3 Å². The van der Waals surface area contributed by atoms with Gasteiger partial charge in [0.25, 0.3) is 5.91 Å². The van der Waals surface area contributed by atoms with Gasteiger partial charge in [-0.25, -0.2) is 4.79 Å². The number of phenolic OH excluding ortho intramolecular Hbond substituents is 1. The molecule has 0 heterocycles. The van der Waals surface area contributed by atoms with Crippen LogP contribution in [0.15, 0.2) is 18.2 Å². The molecule has 2 rings (SSSR count). The summed E-state index contributed by atoms with van der Waals surface area (Å²) in [6, 6.07) is 4.88. The van der Waals surface area contributed by atoms with E-state index < -0.39 is 12.1 Å². The van der Waals surface area contributed by atoms with E-state index in [0.717, 1.165) is 31.2 Å². The molecular weight excluding hydrogens is 270 g/mol. The molecule has 1 amide bonds. The first-order valence-corrected chi connectivity index (χ1v) is 7.28. The Bertz CT molecular complexity index is 535. The minimum absolute atomic E-state index is 0.0705. The molecule has 2 N–H and O–H groups in total. The van der Waals surface area contributed by atoms with Gasteiger partial charge in [0, 0.05) is 6.04 Å². The predicted molar refractivity (Wildman–Crippen MR) is 78.1 cm³/mol. The number of carbonyl (C=O) groups excluding carboxylic acids is 2. The quantitative estimate of drug-likeness (QED) is 0.835. The van der Waals surface area contributed by atoms with Gasteiger partial charge in [0.2, 0.25) is 0 Å². The van der Waals surface area contributed by atoms with Crippen molar-refractivity contribution in [1.29, 1.82) is 0 Å². The molecular formula is C16H21NO4. The summed E-state index contributed by atoms with van der Waals surface area (Å²) in [5.41, 5.74) is 0.914. The molecule has 0 bridgehead atoms. The maximum absolute atomic E-state index is 12.0. The van der Waals surface area contributed by atoms with Crippen LogP contribution in [-0.4, -0.2) is 29.1 Å². The van der Waals surface area contributed by atoms with Gasteiger partial charge in [-0.3, -0.25) is 4.79 Å². The highest BCUT2D eigenvalue weighted by Gasteiger charge is 2.24. The number of rotatable bonds is 4. The van der Waals surface area contributed by atoms with Gasteiger partial charge in [-0.05, 0) is 44.4 Å². The van der Waals surface area contributed by atoms with E-state index >= 15 is 0 Å². The highest BCUT2D eigenvalue weighted by molar-refractivity contribution is 5.94. The van der Waals surface area contributed by atoms with Crippen LogP contribution < -0.4 is 5.32 Å². The average molecular weight is 291 g/mol. The molecule has 0 aromatic heterocycles. The lowest BCUT2D eigenvalue weighted by molar-refractivity contribution is -0.129. The van der Waals surface area contributed by atoms with Gasteiger partial charge in [0.15, 0.2) is 6.10 Å². The van der Waals surface area contributed by atoms with Gasteiger partial charge in [-0.15, -0.1) is 0 Å². The van der Waals surface area contributed by atoms with Crippen molar-refractivity contribution < 1.29 is 19.4 Å². The number of phenols is 1. The Labute approximate surface area is 124 Å². The van der Waals surface area contributed by atoms with E-state index in [-0.39, 0.29) is 23.3 Å². The molecule has 0 spiro atoms. The van der Waals surface area contributed by atoms with E-state index in [1.165, 1.54) is 19.1 Å². The van der Waals surface area contributed by atoms with Crippen LogP contribution in [0.25, 0.3) is 0 Å². The van der Waals surface area contributed by atoms with Crippen molar-refractivity contribution in [1.82, 2.24) is 5.32 Å². The van der Waals surface area contributed by atoms with E-state index in [4.69, 9.17) is 4.74 Å². The lowest BCUT2D eigenvalue weighted by atomic mass is 10.1. The summed E-state index contributed by atoms with van der Waals surface area (Å²) in [5.74, 6) is -1.12. The second kappa shape index (κ2) is 6.61. The molecule has 5 heteroatoms. The highest BCUT2D eigenvalue weighted by Crippen LogP contribution is 2.20. The zero-order chi connectivity index (χ0) is 15.4. The van der Waals surface area contributed by atoms with Crippen LogP contribution in [-0.2, 0) is 9.53 Å². The molecule has 1 aliphatic rings. The summed E-state index contributed by atoms with van der Waals surface area (Å²) >= 11 is 0. The molecule has 1 aliphatic carbocycles. The van der Waals surface area contributed by atoms with Gasteiger partial charge in [-0.1, -0.05) is 18.9 Å². The number of nitrogens with one attached hydrogen (secondary N) is 1. The number of esters is 1. The normalized spacial score (nSPS) is 16.5. The Kier molecular flexibility index (Phi) is 4.83. The summed E-state index contributed by atoms with van der Waals surface area (Å²) in [6.45, 7) is 3.35. The maximum atomic E-state index is 12.0. The van der Waals surface area contributed by atoms with Crippen molar-refractivity contribution in [2.45, 2.75) is 51.7 Å². The number of aromatic hydroxyl groups is 1. The van der Waals surface area contributed by atoms with Crippen molar-refractivity contribution in [3.8, 4) is 5.75 Å². The van der Waals surface area contributed by atoms with Crippen LogP contribution in [0.2, 0.25) is 0 Å². The zero-order valence-electron chi connectivity index (χ0n) is 12.4. The van der Waals surface area contributed by atoms with Crippen molar-refractivity contribution in [2.75, 3.05) is 0 Å². The van der Waals surface area contributed by atoms with E-state index in [1.54, 1.807) is 6.07 Å². The third kappa shape index (κ3) is 3.97. The lowest BCUT2D eigenvalue weighted by Crippen LogP contribution is -2.40. The smallest absolute Gasteiger partial charge is 0.342 e. The van der Waals surface area contributed by atoms with Gasteiger partial charge < -0.3 is 15.2 Å². The van der Waals surface area contributed by atoms with Crippen molar-refractivity contribution >= 4 is 11.9 Å². The van der Waals surface area contributed by atoms with E-state index in [1.807, 2.05) is 6.92 Å². The van der Waals surface area contributed by atoms with Crippen LogP contribution in [0, 0.1) is 6.92 Å². The first kappa shape index (κ1) is 15.4. The fourth-order valence-corrected chi connectivity index (χ4v) is 2.48. The maximum Gasteiger partial charge on any atom is 0.342 e. The first-order valence-electron chi connectivity index (χ1n) is 7.28. The standard InChI is InChI=1S/C16H21NO4/c1-10-7-8-13(14(18)9-10)16(20)21-11(2)15(19)17-12-5-3-4-6-12/h7-9,11-12,18H,3-6H2,1-2H3,(H,17,19)/t11-/m0/s1. The number of ether oxygens (including phenoxy) is 1. The Morgan fingerprint density at radius 1 is 1.33 bits per heavy atom. The zero-order valence-corrected chi connectivity index (χ0v) is 12.4. The Morgan fingerprint density at radius 2 is 2.00 bits per heavy atom. The molecule has 1 aromatic rings. The average Bonchev–Trinajstić information content (AvgIpc) is 2.91. The largest absolute Gasteiger partial charge is 0.507 e. The van der Waals surface area contributed by atoms with Crippen LogP contribution >= 0.6 is 0 Å². The minimum Gasteiger partial charge on any atom is -0.507 e. The first-order chi connectivity index (χ1) is 9.97. The van der Waals surface area contributed by atoms with E-state index in [0.29, 0.717) is 0 Å². The molecule has 5 nitrogen and oxygen atoms in total. The molecule has 1 fully saturated rings. The summed E-state index contributed by atoms with van der Waals surface area (Å²) in [7, 11) is 0. The van der Waals surface area contributed by atoms with Crippen molar-refractivity contribution in [2.24, 2.45) is 0 Å². The molecule has 1 aromatic carbocycles. The van der Waals surface area contributed by atoms with Gasteiger partial charge in [0.1, 0.15) is 11.3 Å². The van der Waals surface area contributed by atoms with Crippen LogP contribution in [0.5, 0.6) is 5.75 Å². The van der Waals surface area contributed by atoms with Gasteiger partial charge in [-0.2, -0.15) is 0 Å². The SMILES string of the molecule is Cc1ccc(C(=O)O[C@@H](C)C(=O)NC2CCCC2)c(O)c1. The third-order valence-corrected chi connectivity index (χ3v) is 3.73. The molecule has 0 saturated heterocycles. The number of amides is 1. The Balaban J connectivity index is 1.93. The predicted octanol–water partition coefficient (Wildman–Crippen LogP) is 2.30. The summed E-state index contributed by atoms with van der Waals surface area (Å²) < 4.78 is 5.12. The monoisotopic (exact) mass is 291 g/mol. The number of benzene rings is 1. The van der Waals surface area contributed by atoms with Crippen LogP contribution in [0.3, 0.4) is 0 Å². The second-order valence-electron chi connectivity index (χ2n) is 5.56. The van der Waals surface area contributed by atoms with E-state index in [9.17, 15) is 14.7 Å². The Morgan fingerprint density at radius 3 is 2.62 bits per heavy atom. The number of carbonyl (C=O) groups is 2. The molecule has 1 atom stereocenters. The molecule has 0 unspecified atom stereocenters. The number of aryl methyl sites for hydroxylation is 1. The number of hydrogen-bond acceptors (Lipinski definition) is 4. The highest BCUT2D eigenvalue weighted by atomic mass is 16.5. The van der Waals surface area contributed by atoms with Crippen LogP contribution in [0.1, 0.15) is 48.5 Å². The second-order valence-corrected chi connectivity index (χ2v) is 5.56. The van der Waals surface area contributed by atoms with Crippen molar-refractivity contribution in [3.63, 3.8) is 0 Å². The molecule has 0 aliphatic heterocycles. The summed E-state index contributed by atoms with van der Waals surface area (Å²) in [5, 5.41) is 12.6. The minimum atomic E-state index is -0.876. The topological polar surface area (TPSA) is 75.6 Å². The molecule has 0 radical (unpaired) electrons. The number of hydrogen-bond donors (Lipinski definition) is 2. The fraction of sp³-hybridized carbons (Fsp3) is 0.500. The third-order valence-electron chi connectivity index (χ3n) is 3.73. The van der Waals surface area contributed by atoms with Gasteiger partial charge in [0.05, 0.1) is 0 Å². The van der Waals surface area contributed by atoms with E-state index in [2.05, 4.69) is 5.32 Å². The molecule has 1 saturated carbocycles.